The van der Waals surface area contributed by atoms with Crippen LogP contribution < -0.4 is 5.32 Å². The van der Waals surface area contributed by atoms with Crippen LogP contribution in [-0.2, 0) is 22.4 Å². The van der Waals surface area contributed by atoms with Crippen LogP contribution in [0.15, 0.2) is 24.3 Å². The lowest BCUT2D eigenvalue weighted by Gasteiger charge is -2.15. The first-order valence-corrected chi connectivity index (χ1v) is 7.49. The van der Waals surface area contributed by atoms with Crippen molar-refractivity contribution >= 4 is 11.9 Å². The molecule has 0 aliphatic rings. The van der Waals surface area contributed by atoms with Crippen molar-refractivity contribution in [2.45, 2.75) is 40.0 Å². The van der Waals surface area contributed by atoms with Gasteiger partial charge in [0.05, 0.1) is 12.3 Å². The molecule has 1 amide bonds. The van der Waals surface area contributed by atoms with Gasteiger partial charge in [-0.2, -0.15) is 0 Å². The molecular weight excluding hydrogens is 266 g/mol. The average molecular weight is 291 g/mol. The highest BCUT2D eigenvalue weighted by Crippen LogP contribution is 2.11. The summed E-state index contributed by atoms with van der Waals surface area (Å²) in [4.78, 5) is 23.0. The molecule has 0 heterocycles. The van der Waals surface area contributed by atoms with Gasteiger partial charge in [-0.1, -0.05) is 45.0 Å². The first kappa shape index (κ1) is 17.2. The number of benzene rings is 1. The third-order valence-corrected chi connectivity index (χ3v) is 3.45. The zero-order valence-corrected chi connectivity index (χ0v) is 13.1. The second kappa shape index (κ2) is 8.45. The zero-order chi connectivity index (χ0) is 15.8. The van der Waals surface area contributed by atoms with E-state index in [2.05, 4.69) is 12.2 Å². The standard InChI is InChI=1S/C17H25NO3/c1-4-13-5-7-14(8-6-13)10-16(19)18-11-15(17(20)21)9-12(2)3/h5-8,12,15H,4,9-11H2,1-3H3,(H,18,19)(H,20,21). The minimum atomic E-state index is -0.851. The summed E-state index contributed by atoms with van der Waals surface area (Å²) in [5.41, 5.74) is 2.18. The van der Waals surface area contributed by atoms with E-state index >= 15 is 0 Å². The van der Waals surface area contributed by atoms with Gasteiger partial charge in [-0.3, -0.25) is 9.59 Å². The lowest BCUT2D eigenvalue weighted by molar-refractivity contribution is -0.142. The van der Waals surface area contributed by atoms with Crippen LogP contribution in [0.3, 0.4) is 0 Å². The van der Waals surface area contributed by atoms with Crippen molar-refractivity contribution in [3.63, 3.8) is 0 Å². The van der Waals surface area contributed by atoms with E-state index in [9.17, 15) is 9.59 Å². The molecule has 2 N–H and O–H groups in total. The monoisotopic (exact) mass is 291 g/mol. The molecule has 21 heavy (non-hydrogen) atoms. The molecule has 4 nitrogen and oxygen atoms in total. The van der Waals surface area contributed by atoms with Crippen LogP contribution in [0.5, 0.6) is 0 Å². The highest BCUT2D eigenvalue weighted by atomic mass is 16.4. The Balaban J connectivity index is 2.46. The van der Waals surface area contributed by atoms with Crippen LogP contribution in [0.25, 0.3) is 0 Å². The highest BCUT2D eigenvalue weighted by Gasteiger charge is 2.19. The second-order valence-corrected chi connectivity index (χ2v) is 5.82. The van der Waals surface area contributed by atoms with Crippen LogP contribution in [0.2, 0.25) is 0 Å². The van der Waals surface area contributed by atoms with Gasteiger partial charge in [0.25, 0.3) is 0 Å². The van der Waals surface area contributed by atoms with E-state index in [1.54, 1.807) is 0 Å². The molecule has 116 valence electrons. The van der Waals surface area contributed by atoms with Crippen LogP contribution in [-0.4, -0.2) is 23.5 Å². The van der Waals surface area contributed by atoms with Crippen molar-refractivity contribution in [1.29, 1.82) is 0 Å². The molecular formula is C17H25NO3. The fourth-order valence-electron chi connectivity index (χ4n) is 2.22. The van der Waals surface area contributed by atoms with E-state index in [4.69, 9.17) is 5.11 Å². The Morgan fingerprint density at radius 1 is 1.14 bits per heavy atom. The first-order chi connectivity index (χ1) is 9.92. The predicted molar refractivity (Wildman–Crippen MR) is 83.1 cm³/mol. The molecule has 0 fully saturated rings. The van der Waals surface area contributed by atoms with Crippen LogP contribution in [0.1, 0.15) is 38.3 Å². The van der Waals surface area contributed by atoms with Gasteiger partial charge >= 0.3 is 5.97 Å². The maximum atomic E-state index is 11.9. The Hall–Kier alpha value is -1.84. The zero-order valence-electron chi connectivity index (χ0n) is 13.1. The molecule has 0 radical (unpaired) electrons. The molecule has 0 saturated heterocycles. The van der Waals surface area contributed by atoms with Crippen molar-refractivity contribution in [3.05, 3.63) is 35.4 Å². The second-order valence-electron chi connectivity index (χ2n) is 5.82. The van der Waals surface area contributed by atoms with E-state index < -0.39 is 11.9 Å². The Morgan fingerprint density at radius 3 is 2.19 bits per heavy atom. The largest absolute Gasteiger partial charge is 0.481 e. The number of carboxylic acids is 1. The first-order valence-electron chi connectivity index (χ1n) is 7.49. The normalized spacial score (nSPS) is 12.2. The molecule has 1 atom stereocenters. The Bertz CT molecular complexity index is 465. The fourth-order valence-corrected chi connectivity index (χ4v) is 2.22. The molecule has 4 heteroatoms. The van der Waals surface area contributed by atoms with E-state index in [1.165, 1.54) is 5.56 Å². The van der Waals surface area contributed by atoms with Crippen molar-refractivity contribution < 1.29 is 14.7 Å². The molecule has 0 aromatic heterocycles. The minimum absolute atomic E-state index is 0.130. The molecule has 0 aliphatic carbocycles. The van der Waals surface area contributed by atoms with Crippen molar-refractivity contribution in [2.24, 2.45) is 11.8 Å². The summed E-state index contributed by atoms with van der Waals surface area (Å²) < 4.78 is 0. The van der Waals surface area contributed by atoms with Crippen molar-refractivity contribution in [1.82, 2.24) is 5.32 Å². The molecule has 1 rings (SSSR count). The number of aliphatic carboxylic acids is 1. The van der Waals surface area contributed by atoms with Gasteiger partial charge in [0, 0.05) is 6.54 Å². The van der Waals surface area contributed by atoms with Crippen molar-refractivity contribution in [2.75, 3.05) is 6.54 Å². The summed E-state index contributed by atoms with van der Waals surface area (Å²) in [6.07, 6.45) is 1.83. The van der Waals surface area contributed by atoms with E-state index in [1.807, 2.05) is 38.1 Å². The Morgan fingerprint density at radius 2 is 1.71 bits per heavy atom. The summed E-state index contributed by atoms with van der Waals surface area (Å²) in [5, 5.41) is 11.9. The number of hydrogen-bond donors (Lipinski definition) is 2. The van der Waals surface area contributed by atoms with E-state index in [0.29, 0.717) is 12.3 Å². The fraction of sp³-hybridized carbons (Fsp3) is 0.529. The Labute approximate surface area is 126 Å². The van der Waals surface area contributed by atoms with Crippen LogP contribution >= 0.6 is 0 Å². The summed E-state index contributed by atoms with van der Waals surface area (Å²) in [5.74, 6) is -1.20. The molecule has 0 bridgehead atoms. The predicted octanol–water partition coefficient (Wildman–Crippen LogP) is 2.65. The van der Waals surface area contributed by atoms with Crippen LogP contribution in [0.4, 0.5) is 0 Å². The SMILES string of the molecule is CCc1ccc(CC(=O)NCC(CC(C)C)C(=O)O)cc1. The quantitative estimate of drug-likeness (QED) is 0.774. The number of carboxylic acid groups (broad SMARTS) is 1. The smallest absolute Gasteiger partial charge is 0.308 e. The van der Waals surface area contributed by atoms with Crippen molar-refractivity contribution in [3.8, 4) is 0 Å². The molecule has 0 saturated carbocycles. The lowest BCUT2D eigenvalue weighted by Crippen LogP contribution is -2.34. The summed E-state index contributed by atoms with van der Waals surface area (Å²) >= 11 is 0. The van der Waals surface area contributed by atoms with Gasteiger partial charge in [0.1, 0.15) is 0 Å². The topological polar surface area (TPSA) is 66.4 Å². The van der Waals surface area contributed by atoms with E-state index in [0.717, 1.165) is 12.0 Å². The highest BCUT2D eigenvalue weighted by molar-refractivity contribution is 5.79. The van der Waals surface area contributed by atoms with Crippen LogP contribution in [0, 0.1) is 11.8 Å². The number of aryl methyl sites for hydroxylation is 1. The average Bonchev–Trinajstić information content (AvgIpc) is 2.43. The summed E-state index contributed by atoms with van der Waals surface area (Å²) in [6.45, 7) is 6.24. The summed E-state index contributed by atoms with van der Waals surface area (Å²) in [7, 11) is 0. The molecule has 0 aliphatic heterocycles. The number of amides is 1. The molecule has 1 aromatic carbocycles. The number of nitrogens with one attached hydrogen (secondary N) is 1. The van der Waals surface area contributed by atoms with Gasteiger partial charge in [-0.15, -0.1) is 0 Å². The molecule has 0 spiro atoms. The number of rotatable bonds is 8. The number of carbonyl (C=O) groups excluding carboxylic acids is 1. The lowest BCUT2D eigenvalue weighted by atomic mass is 9.97. The maximum absolute atomic E-state index is 11.9. The third kappa shape index (κ3) is 6.43. The van der Waals surface area contributed by atoms with Gasteiger partial charge < -0.3 is 10.4 Å². The van der Waals surface area contributed by atoms with E-state index in [-0.39, 0.29) is 18.9 Å². The molecule has 1 aromatic rings. The number of carbonyl (C=O) groups is 2. The minimum Gasteiger partial charge on any atom is -0.481 e. The van der Waals surface area contributed by atoms with Gasteiger partial charge in [0.15, 0.2) is 0 Å². The summed E-state index contributed by atoms with van der Waals surface area (Å²) in [6, 6.07) is 7.92. The number of hydrogen-bond acceptors (Lipinski definition) is 2. The maximum Gasteiger partial charge on any atom is 0.308 e. The Kier molecular flexibility index (Phi) is 6.92. The van der Waals surface area contributed by atoms with Gasteiger partial charge in [-0.05, 0) is 29.9 Å². The third-order valence-electron chi connectivity index (χ3n) is 3.45. The van der Waals surface area contributed by atoms with Gasteiger partial charge in [0.2, 0.25) is 5.91 Å². The van der Waals surface area contributed by atoms with Gasteiger partial charge in [-0.25, -0.2) is 0 Å². The molecule has 1 unspecified atom stereocenters.